The van der Waals surface area contributed by atoms with Gasteiger partial charge >= 0.3 is 5.97 Å². The van der Waals surface area contributed by atoms with Crippen LogP contribution in [0.1, 0.15) is 60.0 Å². The van der Waals surface area contributed by atoms with Gasteiger partial charge in [-0.3, -0.25) is 14.5 Å². The Morgan fingerprint density at radius 3 is 2.33 bits per heavy atom. The molecule has 2 aliphatic rings. The van der Waals surface area contributed by atoms with Gasteiger partial charge in [0.1, 0.15) is 5.75 Å². The Labute approximate surface area is 270 Å². The summed E-state index contributed by atoms with van der Waals surface area (Å²) in [7, 11) is 3.20. The average Bonchev–Trinajstić information content (AvgIpc) is 3.68. The summed E-state index contributed by atoms with van der Waals surface area (Å²) in [6.45, 7) is 7.74. The summed E-state index contributed by atoms with van der Waals surface area (Å²) in [6.07, 6.45) is 2.32. The van der Waals surface area contributed by atoms with E-state index in [1.165, 1.54) is 0 Å². The Hall–Kier alpha value is -4.28. The number of fused-ring (bicyclic) bond motifs is 1. The van der Waals surface area contributed by atoms with Crippen LogP contribution in [0.25, 0.3) is 0 Å². The third kappa shape index (κ3) is 7.08. The van der Waals surface area contributed by atoms with E-state index in [-0.39, 0.29) is 19.2 Å². The van der Waals surface area contributed by atoms with Crippen LogP contribution < -0.4 is 24.3 Å². The minimum atomic E-state index is -0.950. The molecule has 0 aliphatic carbocycles. The predicted molar refractivity (Wildman–Crippen MR) is 174 cm³/mol. The zero-order chi connectivity index (χ0) is 32.8. The number of carboxylic acid groups (broad SMARTS) is 1. The molecule has 10 nitrogen and oxygen atoms in total. The lowest BCUT2D eigenvalue weighted by molar-refractivity contribution is -0.143. The number of anilines is 1. The number of benzene rings is 3. The fourth-order valence-electron chi connectivity index (χ4n) is 6.67. The predicted octanol–water partition coefficient (Wildman–Crippen LogP) is 5.75. The number of ether oxygens (including phenoxy) is 5. The molecule has 0 radical (unpaired) electrons. The van der Waals surface area contributed by atoms with Crippen LogP contribution in [0.5, 0.6) is 23.0 Å². The Balaban J connectivity index is 1.48. The van der Waals surface area contributed by atoms with Gasteiger partial charge < -0.3 is 34.1 Å². The third-order valence-electron chi connectivity index (χ3n) is 8.79. The van der Waals surface area contributed by atoms with Gasteiger partial charge in [0, 0.05) is 44.3 Å². The molecule has 1 unspecified atom stereocenters. The lowest BCUT2D eigenvalue weighted by atomic mass is 9.82. The first-order valence-corrected chi connectivity index (χ1v) is 15.9. The maximum absolute atomic E-state index is 13.8. The van der Waals surface area contributed by atoms with Crippen LogP contribution in [0.3, 0.4) is 0 Å². The van der Waals surface area contributed by atoms with E-state index in [1.54, 1.807) is 14.2 Å². The van der Waals surface area contributed by atoms with Crippen LogP contribution in [-0.2, 0) is 27.2 Å². The second-order valence-corrected chi connectivity index (χ2v) is 11.8. The van der Waals surface area contributed by atoms with Crippen molar-refractivity contribution in [3.63, 3.8) is 0 Å². The van der Waals surface area contributed by atoms with Crippen LogP contribution in [0.15, 0.2) is 48.5 Å². The Kier molecular flexibility index (Phi) is 10.7. The Morgan fingerprint density at radius 2 is 1.70 bits per heavy atom. The number of aliphatic carboxylic acids is 1. The lowest BCUT2D eigenvalue weighted by Crippen LogP contribution is -2.35. The van der Waals surface area contributed by atoms with Crippen LogP contribution in [0.4, 0.5) is 5.69 Å². The number of rotatable bonds is 14. The molecule has 3 aromatic rings. The zero-order valence-corrected chi connectivity index (χ0v) is 27.3. The number of hydrogen-bond acceptors (Lipinski definition) is 8. The first kappa shape index (κ1) is 33.1. The van der Waals surface area contributed by atoms with Crippen molar-refractivity contribution in [2.24, 2.45) is 5.92 Å². The van der Waals surface area contributed by atoms with Gasteiger partial charge in [0.05, 0.1) is 26.2 Å². The van der Waals surface area contributed by atoms with Gasteiger partial charge in [-0.25, -0.2) is 0 Å². The SMILES string of the molecule is CCc1cc(C)cc(CC)c1NC(=O)CN1C[C@H](c2cc(OC)c3c(c2)OCO3)C(C(=O)O)[C@@H]1c1ccc(OCCCOC)cc1. The molecule has 3 atom stereocenters. The maximum atomic E-state index is 13.8. The minimum absolute atomic E-state index is 0.0160. The van der Waals surface area contributed by atoms with Crippen molar-refractivity contribution in [1.29, 1.82) is 0 Å². The normalized spacial score (nSPS) is 18.8. The van der Waals surface area contributed by atoms with Crippen LogP contribution >= 0.6 is 0 Å². The second kappa shape index (κ2) is 14.9. The monoisotopic (exact) mass is 632 g/mol. The average molecular weight is 633 g/mol. The highest BCUT2D eigenvalue weighted by Crippen LogP contribution is 2.50. The summed E-state index contributed by atoms with van der Waals surface area (Å²) in [5.74, 6) is -0.274. The highest BCUT2D eigenvalue weighted by molar-refractivity contribution is 5.94. The quantitative estimate of drug-likeness (QED) is 0.214. The molecule has 1 amide bonds. The standard InChI is InChI=1S/C36H44N2O8/c1-6-23-15-22(3)16-24(7-2)33(23)37-31(39)20-38-19-28(26-17-29(43-5)35-30(18-26)45-21-46-35)32(36(40)41)34(38)25-9-11-27(12-10-25)44-14-8-13-42-4/h9-12,15-18,28,32,34H,6-8,13-14,19-21H2,1-5H3,(H,37,39)(H,40,41)/t28-,32?,34+/m1/s1. The van der Waals surface area contributed by atoms with Crippen LogP contribution in [-0.4, -0.2) is 69.2 Å². The smallest absolute Gasteiger partial charge is 0.309 e. The number of amides is 1. The van der Waals surface area contributed by atoms with E-state index in [9.17, 15) is 14.7 Å². The Morgan fingerprint density at radius 1 is 0.978 bits per heavy atom. The van der Waals surface area contributed by atoms with Gasteiger partial charge in [0.15, 0.2) is 11.5 Å². The molecular weight excluding hydrogens is 588 g/mol. The topological polar surface area (TPSA) is 116 Å². The van der Waals surface area contributed by atoms with E-state index < -0.39 is 23.8 Å². The molecule has 2 heterocycles. The molecule has 5 rings (SSSR count). The molecule has 246 valence electrons. The number of carbonyl (C=O) groups excluding carboxylic acids is 1. The van der Waals surface area contributed by atoms with E-state index >= 15 is 0 Å². The van der Waals surface area contributed by atoms with Crippen molar-refractivity contribution in [3.8, 4) is 23.0 Å². The van der Waals surface area contributed by atoms with E-state index in [1.807, 2.05) is 41.3 Å². The molecule has 0 spiro atoms. The molecule has 10 heteroatoms. The van der Waals surface area contributed by atoms with Gasteiger partial charge in [-0.2, -0.15) is 0 Å². The van der Waals surface area contributed by atoms with Crippen molar-refractivity contribution in [1.82, 2.24) is 4.90 Å². The summed E-state index contributed by atoms with van der Waals surface area (Å²) in [4.78, 5) is 28.8. The fraction of sp³-hybridized carbons (Fsp3) is 0.444. The number of methoxy groups -OCH3 is 2. The van der Waals surface area contributed by atoms with Gasteiger partial charge in [-0.1, -0.05) is 43.7 Å². The van der Waals surface area contributed by atoms with Crippen molar-refractivity contribution in [2.75, 3.05) is 52.6 Å². The number of carbonyl (C=O) groups is 2. The number of hydrogen-bond donors (Lipinski definition) is 2. The van der Waals surface area contributed by atoms with Crippen molar-refractivity contribution < 1.29 is 38.4 Å². The molecule has 0 aromatic heterocycles. The maximum Gasteiger partial charge on any atom is 0.309 e. The molecule has 0 saturated carbocycles. The summed E-state index contributed by atoms with van der Waals surface area (Å²) >= 11 is 0. The number of nitrogens with one attached hydrogen (secondary N) is 1. The molecule has 0 bridgehead atoms. The van der Waals surface area contributed by atoms with Crippen molar-refractivity contribution >= 4 is 17.6 Å². The van der Waals surface area contributed by atoms with Crippen molar-refractivity contribution in [2.45, 2.75) is 52.0 Å². The number of aryl methyl sites for hydroxylation is 3. The highest BCUT2D eigenvalue weighted by atomic mass is 16.7. The van der Waals surface area contributed by atoms with Gasteiger partial charge in [-0.15, -0.1) is 0 Å². The molecule has 1 saturated heterocycles. The second-order valence-electron chi connectivity index (χ2n) is 11.8. The summed E-state index contributed by atoms with van der Waals surface area (Å²) in [5.41, 5.74) is 5.70. The summed E-state index contributed by atoms with van der Waals surface area (Å²) in [5, 5.41) is 13.9. The molecular formula is C36H44N2O8. The minimum Gasteiger partial charge on any atom is -0.494 e. The van der Waals surface area contributed by atoms with Gasteiger partial charge in [0.25, 0.3) is 0 Å². The van der Waals surface area contributed by atoms with E-state index in [0.717, 1.165) is 52.8 Å². The number of nitrogens with zero attached hydrogens (tertiary/aromatic N) is 1. The summed E-state index contributed by atoms with van der Waals surface area (Å²) in [6, 6.07) is 14.8. The molecule has 2 aliphatic heterocycles. The molecule has 3 aromatic carbocycles. The fourth-order valence-corrected chi connectivity index (χ4v) is 6.67. The van der Waals surface area contributed by atoms with E-state index in [2.05, 4.69) is 38.2 Å². The largest absolute Gasteiger partial charge is 0.494 e. The third-order valence-corrected chi connectivity index (χ3v) is 8.79. The highest BCUT2D eigenvalue weighted by Gasteiger charge is 2.48. The lowest BCUT2D eigenvalue weighted by Gasteiger charge is -2.27. The van der Waals surface area contributed by atoms with Crippen molar-refractivity contribution in [3.05, 3.63) is 76.3 Å². The first-order valence-electron chi connectivity index (χ1n) is 15.9. The number of likely N-dealkylation sites (tertiary alicyclic amines) is 1. The molecule has 1 fully saturated rings. The number of carboxylic acids is 1. The first-order chi connectivity index (χ1) is 22.3. The summed E-state index contributed by atoms with van der Waals surface area (Å²) < 4.78 is 27.8. The molecule has 2 N–H and O–H groups in total. The van der Waals surface area contributed by atoms with Gasteiger partial charge in [-0.05, 0) is 66.3 Å². The Bertz CT molecular complexity index is 1510. The van der Waals surface area contributed by atoms with E-state index in [0.29, 0.717) is 42.8 Å². The van der Waals surface area contributed by atoms with E-state index in [4.69, 9.17) is 23.7 Å². The van der Waals surface area contributed by atoms with Gasteiger partial charge in [0.2, 0.25) is 18.4 Å². The van der Waals surface area contributed by atoms with Crippen LogP contribution in [0.2, 0.25) is 0 Å². The molecule has 46 heavy (non-hydrogen) atoms. The van der Waals surface area contributed by atoms with Crippen LogP contribution in [0, 0.1) is 12.8 Å². The zero-order valence-electron chi connectivity index (χ0n) is 27.3.